The third-order valence-corrected chi connectivity index (χ3v) is 4.44. The van der Waals surface area contributed by atoms with Gasteiger partial charge in [-0.1, -0.05) is 0 Å². The summed E-state index contributed by atoms with van der Waals surface area (Å²) in [7, 11) is 0. The molecule has 0 saturated carbocycles. The van der Waals surface area contributed by atoms with Gasteiger partial charge in [0.15, 0.2) is 0 Å². The highest BCUT2D eigenvalue weighted by Gasteiger charge is 2.12. The van der Waals surface area contributed by atoms with Crippen molar-refractivity contribution in [3.63, 3.8) is 0 Å². The summed E-state index contributed by atoms with van der Waals surface area (Å²) in [5.41, 5.74) is 1.13. The molecule has 2 aromatic heterocycles. The number of aliphatic carboxylic acids is 1. The van der Waals surface area contributed by atoms with Crippen LogP contribution in [0.25, 0.3) is 10.8 Å². The van der Waals surface area contributed by atoms with Crippen LogP contribution in [0.1, 0.15) is 24.3 Å². The summed E-state index contributed by atoms with van der Waals surface area (Å²) >= 11 is 4.98. The topological polar surface area (TPSA) is 76.2 Å². The number of thiophene rings is 1. The van der Waals surface area contributed by atoms with E-state index in [-0.39, 0.29) is 6.42 Å². The summed E-state index contributed by atoms with van der Waals surface area (Å²) in [6.07, 6.45) is 1.11. The zero-order valence-electron chi connectivity index (χ0n) is 9.64. The van der Waals surface area contributed by atoms with E-state index in [0.29, 0.717) is 24.6 Å². The SMILES string of the molecule is Cc1cc(-c2nnc(CCCC(=O)O)o2)sc1Br. The predicted molar refractivity (Wildman–Crippen MR) is 70.6 cm³/mol. The number of rotatable bonds is 5. The Morgan fingerprint density at radius 1 is 1.56 bits per heavy atom. The summed E-state index contributed by atoms with van der Waals surface area (Å²) < 4.78 is 6.54. The lowest BCUT2D eigenvalue weighted by Crippen LogP contribution is -1.95. The van der Waals surface area contributed by atoms with E-state index < -0.39 is 5.97 Å². The van der Waals surface area contributed by atoms with Crippen molar-refractivity contribution in [2.45, 2.75) is 26.2 Å². The molecule has 2 rings (SSSR count). The minimum Gasteiger partial charge on any atom is -0.481 e. The summed E-state index contributed by atoms with van der Waals surface area (Å²) in [6, 6.07) is 1.98. The first kappa shape index (κ1) is 13.2. The van der Waals surface area contributed by atoms with E-state index in [0.717, 1.165) is 14.2 Å². The fourth-order valence-corrected chi connectivity index (χ4v) is 2.87. The van der Waals surface area contributed by atoms with E-state index in [9.17, 15) is 4.79 Å². The lowest BCUT2D eigenvalue weighted by Gasteiger charge is -1.91. The third-order valence-electron chi connectivity index (χ3n) is 2.32. The monoisotopic (exact) mass is 330 g/mol. The van der Waals surface area contributed by atoms with Gasteiger partial charge in [-0.15, -0.1) is 21.5 Å². The maximum atomic E-state index is 10.4. The molecule has 1 N–H and O–H groups in total. The van der Waals surface area contributed by atoms with Gasteiger partial charge in [-0.2, -0.15) is 0 Å². The molecule has 0 bridgehead atoms. The molecule has 0 amide bonds. The van der Waals surface area contributed by atoms with Gasteiger partial charge >= 0.3 is 5.97 Å². The quantitative estimate of drug-likeness (QED) is 0.910. The van der Waals surface area contributed by atoms with Gasteiger partial charge < -0.3 is 9.52 Å². The molecule has 0 atom stereocenters. The second-order valence-electron chi connectivity index (χ2n) is 3.82. The van der Waals surface area contributed by atoms with Gasteiger partial charge in [-0.05, 0) is 40.9 Å². The van der Waals surface area contributed by atoms with E-state index in [2.05, 4.69) is 26.1 Å². The Labute approximate surface area is 116 Å². The summed E-state index contributed by atoms with van der Waals surface area (Å²) in [5.74, 6) is 0.153. The zero-order valence-corrected chi connectivity index (χ0v) is 12.0. The number of carboxylic acids is 1. The largest absolute Gasteiger partial charge is 0.481 e. The van der Waals surface area contributed by atoms with E-state index in [1.165, 1.54) is 11.3 Å². The zero-order chi connectivity index (χ0) is 13.1. The number of hydrogen-bond acceptors (Lipinski definition) is 5. The van der Waals surface area contributed by atoms with Crippen molar-refractivity contribution < 1.29 is 14.3 Å². The fourth-order valence-electron chi connectivity index (χ4n) is 1.41. The molecule has 2 heterocycles. The van der Waals surface area contributed by atoms with Crippen LogP contribution in [0.2, 0.25) is 0 Å². The maximum absolute atomic E-state index is 10.4. The van der Waals surface area contributed by atoms with E-state index >= 15 is 0 Å². The van der Waals surface area contributed by atoms with Crippen molar-refractivity contribution in [1.29, 1.82) is 0 Å². The van der Waals surface area contributed by atoms with Gasteiger partial charge in [0.2, 0.25) is 5.89 Å². The van der Waals surface area contributed by atoms with Crippen molar-refractivity contribution >= 4 is 33.2 Å². The molecule has 2 aromatic rings. The van der Waals surface area contributed by atoms with Crippen LogP contribution in [-0.4, -0.2) is 21.3 Å². The normalized spacial score (nSPS) is 10.8. The Bertz CT molecular complexity index is 545. The number of carbonyl (C=O) groups is 1. The van der Waals surface area contributed by atoms with Crippen LogP contribution in [0, 0.1) is 6.92 Å². The maximum Gasteiger partial charge on any atom is 0.303 e. The summed E-state index contributed by atoms with van der Waals surface area (Å²) in [5, 5.41) is 16.4. The van der Waals surface area contributed by atoms with Crippen molar-refractivity contribution in [3.05, 3.63) is 21.3 Å². The first-order valence-electron chi connectivity index (χ1n) is 5.36. The number of nitrogens with zero attached hydrogens (tertiary/aromatic N) is 2. The Morgan fingerprint density at radius 2 is 2.33 bits per heavy atom. The molecule has 0 spiro atoms. The van der Waals surface area contributed by atoms with Crippen molar-refractivity contribution in [2.75, 3.05) is 0 Å². The van der Waals surface area contributed by atoms with E-state index in [1.54, 1.807) is 0 Å². The highest BCUT2D eigenvalue weighted by Crippen LogP contribution is 2.33. The van der Waals surface area contributed by atoms with Gasteiger partial charge in [0.05, 0.1) is 8.66 Å². The second kappa shape index (κ2) is 5.62. The minimum absolute atomic E-state index is 0.112. The molecule has 0 unspecified atom stereocenters. The molecule has 96 valence electrons. The molecular formula is C11H11BrN2O3S. The second-order valence-corrected chi connectivity index (χ2v) is 6.19. The minimum atomic E-state index is -0.812. The van der Waals surface area contributed by atoms with Crippen molar-refractivity contribution in [3.8, 4) is 10.8 Å². The first-order valence-corrected chi connectivity index (χ1v) is 6.97. The van der Waals surface area contributed by atoms with Crippen molar-refractivity contribution in [2.24, 2.45) is 0 Å². The van der Waals surface area contributed by atoms with Crippen molar-refractivity contribution in [1.82, 2.24) is 10.2 Å². The molecule has 0 aliphatic carbocycles. The number of carboxylic acid groups (broad SMARTS) is 1. The molecule has 0 fully saturated rings. The Balaban J connectivity index is 2.03. The third kappa shape index (κ3) is 3.17. The molecule has 0 saturated heterocycles. The van der Waals surface area contributed by atoms with Crippen LogP contribution in [0.3, 0.4) is 0 Å². The number of hydrogen-bond donors (Lipinski definition) is 1. The van der Waals surface area contributed by atoms with Crippen LogP contribution in [0.5, 0.6) is 0 Å². The number of aryl methyl sites for hydroxylation is 2. The predicted octanol–water partition coefficient (Wildman–Crippen LogP) is 3.28. The average molecular weight is 331 g/mol. The Morgan fingerprint density at radius 3 is 2.94 bits per heavy atom. The van der Waals surface area contributed by atoms with Crippen LogP contribution >= 0.6 is 27.3 Å². The standard InChI is InChI=1S/C11H11BrN2O3S/c1-6-5-7(18-10(6)12)11-14-13-8(17-11)3-2-4-9(15)16/h5H,2-4H2,1H3,(H,15,16). The molecule has 18 heavy (non-hydrogen) atoms. The van der Waals surface area contributed by atoms with Crippen LogP contribution < -0.4 is 0 Å². The smallest absolute Gasteiger partial charge is 0.303 e. The van der Waals surface area contributed by atoms with E-state index in [1.807, 2.05) is 13.0 Å². The molecule has 0 aliphatic rings. The van der Waals surface area contributed by atoms with Crippen LogP contribution in [-0.2, 0) is 11.2 Å². The van der Waals surface area contributed by atoms with Gasteiger partial charge in [0, 0.05) is 12.8 Å². The summed E-state index contributed by atoms with van der Waals surface area (Å²) in [4.78, 5) is 11.3. The Kier molecular flexibility index (Phi) is 4.13. The molecule has 0 radical (unpaired) electrons. The van der Waals surface area contributed by atoms with Gasteiger partial charge in [0.25, 0.3) is 5.89 Å². The van der Waals surface area contributed by atoms with Crippen LogP contribution in [0.4, 0.5) is 0 Å². The Hall–Kier alpha value is -1.21. The lowest BCUT2D eigenvalue weighted by molar-refractivity contribution is -0.137. The molecular weight excluding hydrogens is 320 g/mol. The number of aromatic nitrogens is 2. The molecule has 0 aliphatic heterocycles. The van der Waals surface area contributed by atoms with Gasteiger partial charge in [-0.3, -0.25) is 4.79 Å². The van der Waals surface area contributed by atoms with E-state index in [4.69, 9.17) is 9.52 Å². The summed E-state index contributed by atoms with van der Waals surface area (Å²) in [6.45, 7) is 1.99. The molecule has 7 heteroatoms. The van der Waals surface area contributed by atoms with Gasteiger partial charge in [0.1, 0.15) is 0 Å². The highest BCUT2D eigenvalue weighted by molar-refractivity contribution is 9.11. The van der Waals surface area contributed by atoms with Gasteiger partial charge in [-0.25, -0.2) is 0 Å². The molecule has 5 nitrogen and oxygen atoms in total. The first-order chi connectivity index (χ1) is 8.56. The van der Waals surface area contributed by atoms with Crippen LogP contribution in [0.15, 0.2) is 14.3 Å². The lowest BCUT2D eigenvalue weighted by atomic mass is 10.2. The molecule has 0 aromatic carbocycles. The fraction of sp³-hybridized carbons (Fsp3) is 0.364. The number of halogens is 1. The highest BCUT2D eigenvalue weighted by atomic mass is 79.9. The average Bonchev–Trinajstić information content (AvgIpc) is 2.87.